The Kier molecular flexibility index (Phi) is 4.47. The van der Waals surface area contributed by atoms with Crippen molar-refractivity contribution < 1.29 is 0 Å². The number of likely N-dealkylation sites (N-methyl/N-ethyl adjacent to an activating group) is 1. The highest BCUT2D eigenvalue weighted by atomic mass is 32.1. The van der Waals surface area contributed by atoms with Gasteiger partial charge in [0.1, 0.15) is 4.99 Å². The van der Waals surface area contributed by atoms with Crippen LogP contribution >= 0.6 is 24.4 Å². The summed E-state index contributed by atoms with van der Waals surface area (Å²) in [6.45, 7) is 4.77. The molecule has 0 saturated carbocycles. The molecule has 0 amide bonds. The van der Waals surface area contributed by atoms with Crippen LogP contribution < -0.4 is 5.32 Å². The van der Waals surface area contributed by atoms with Crippen molar-refractivity contribution in [3.8, 4) is 0 Å². The van der Waals surface area contributed by atoms with E-state index in [1.807, 2.05) is 25.8 Å². The molecule has 4 heteroatoms. The second kappa shape index (κ2) is 4.57. The molecule has 1 aliphatic rings. The third kappa shape index (κ3) is 2.58. The van der Waals surface area contributed by atoms with E-state index in [1.54, 1.807) is 0 Å². The summed E-state index contributed by atoms with van der Waals surface area (Å²) in [5, 5.41) is 3.59. The minimum Gasteiger partial charge on any atom is -0.345 e. The monoisotopic (exact) mass is 176 g/mol. The lowest BCUT2D eigenvalue weighted by molar-refractivity contribution is 0.609. The van der Waals surface area contributed by atoms with E-state index in [2.05, 4.69) is 5.32 Å². The second-order valence-electron chi connectivity index (χ2n) is 1.71. The number of hydrogen-bond acceptors (Lipinski definition) is 2. The zero-order valence-electron chi connectivity index (χ0n) is 6.47. The summed E-state index contributed by atoms with van der Waals surface area (Å²) >= 11 is 9.68. The van der Waals surface area contributed by atoms with E-state index >= 15 is 0 Å². The third-order valence-electron chi connectivity index (χ3n) is 0.974. The zero-order chi connectivity index (χ0) is 8.15. The maximum absolute atomic E-state index is 4.85. The van der Waals surface area contributed by atoms with Gasteiger partial charge in [0.15, 0.2) is 5.11 Å². The predicted octanol–water partition coefficient (Wildman–Crippen LogP) is 1.16. The fourth-order valence-corrected chi connectivity index (χ4v) is 1.08. The van der Waals surface area contributed by atoms with Crippen LogP contribution in [-0.2, 0) is 0 Å². The van der Waals surface area contributed by atoms with Crippen molar-refractivity contribution in [1.82, 2.24) is 10.2 Å². The smallest absolute Gasteiger partial charge is 0.173 e. The number of thiocarbonyl (C=S) groups is 2. The quantitative estimate of drug-likeness (QED) is 0.557. The van der Waals surface area contributed by atoms with Crippen LogP contribution in [0.1, 0.15) is 13.8 Å². The van der Waals surface area contributed by atoms with Gasteiger partial charge in [0.2, 0.25) is 0 Å². The normalized spacial score (nSPS) is 16.1. The van der Waals surface area contributed by atoms with Crippen molar-refractivity contribution in [2.45, 2.75) is 13.8 Å². The largest absolute Gasteiger partial charge is 0.345 e. The third-order valence-corrected chi connectivity index (χ3v) is 1.62. The molecule has 1 N–H and O–H groups in total. The summed E-state index contributed by atoms with van der Waals surface area (Å²) in [6, 6.07) is 0. The van der Waals surface area contributed by atoms with Gasteiger partial charge >= 0.3 is 0 Å². The Labute approximate surface area is 72.6 Å². The van der Waals surface area contributed by atoms with Gasteiger partial charge in [-0.3, -0.25) is 0 Å². The Balaban J connectivity index is 0.000000371. The SMILES string of the molecule is CC.CN1CC(=S)NC1=S. The highest BCUT2D eigenvalue weighted by molar-refractivity contribution is 7.82. The number of nitrogens with one attached hydrogen (secondary N) is 1. The van der Waals surface area contributed by atoms with E-state index in [1.165, 1.54) is 0 Å². The molecule has 1 fully saturated rings. The highest BCUT2D eigenvalue weighted by Gasteiger charge is 2.14. The first-order valence-electron chi connectivity index (χ1n) is 3.25. The average molecular weight is 176 g/mol. The summed E-state index contributed by atoms with van der Waals surface area (Å²) in [6.07, 6.45) is 0. The van der Waals surface area contributed by atoms with Crippen molar-refractivity contribution in [1.29, 1.82) is 0 Å². The van der Waals surface area contributed by atoms with Crippen LogP contribution in [0.2, 0.25) is 0 Å². The van der Waals surface area contributed by atoms with Gasteiger partial charge in [-0.05, 0) is 12.2 Å². The first-order valence-corrected chi connectivity index (χ1v) is 4.07. The van der Waals surface area contributed by atoms with Crippen LogP contribution in [0.5, 0.6) is 0 Å². The summed E-state index contributed by atoms with van der Waals surface area (Å²) < 4.78 is 0. The molecule has 0 aromatic carbocycles. The van der Waals surface area contributed by atoms with Crippen molar-refractivity contribution in [2.75, 3.05) is 13.6 Å². The van der Waals surface area contributed by atoms with E-state index < -0.39 is 0 Å². The topological polar surface area (TPSA) is 15.3 Å². The van der Waals surface area contributed by atoms with Gasteiger partial charge in [0, 0.05) is 7.05 Å². The standard InChI is InChI=1S/C4H6N2S2.C2H6/c1-6-2-3(7)5-4(6)8;1-2/h2H2,1H3,(H,5,7,8);1-2H3. The average Bonchev–Trinajstić information content (AvgIpc) is 2.16. The second-order valence-corrected chi connectivity index (χ2v) is 2.59. The number of hydrogen-bond donors (Lipinski definition) is 1. The fraction of sp³-hybridized carbons (Fsp3) is 0.667. The number of rotatable bonds is 0. The zero-order valence-corrected chi connectivity index (χ0v) is 8.10. The summed E-state index contributed by atoms with van der Waals surface area (Å²) in [5.74, 6) is 0. The molecule has 1 rings (SSSR count). The molecular weight excluding hydrogens is 164 g/mol. The molecule has 0 aromatic rings. The van der Waals surface area contributed by atoms with Crippen LogP contribution in [0.15, 0.2) is 0 Å². The first kappa shape index (κ1) is 9.78. The molecule has 0 aliphatic carbocycles. The fourth-order valence-electron chi connectivity index (χ4n) is 0.541. The van der Waals surface area contributed by atoms with Gasteiger partial charge in [-0.15, -0.1) is 0 Å². The minimum absolute atomic E-state index is 0.731. The Bertz CT molecular complexity index is 145. The molecule has 0 spiro atoms. The van der Waals surface area contributed by atoms with E-state index in [4.69, 9.17) is 24.4 Å². The van der Waals surface area contributed by atoms with Crippen LogP contribution in [0.3, 0.4) is 0 Å². The molecule has 0 bridgehead atoms. The lowest BCUT2D eigenvalue weighted by Crippen LogP contribution is -2.23. The van der Waals surface area contributed by atoms with E-state index in [0.29, 0.717) is 0 Å². The Morgan fingerprint density at radius 1 is 1.40 bits per heavy atom. The summed E-state index contributed by atoms with van der Waals surface area (Å²) in [7, 11) is 1.91. The van der Waals surface area contributed by atoms with Gasteiger partial charge in [0.05, 0.1) is 6.54 Å². The van der Waals surface area contributed by atoms with E-state index in [9.17, 15) is 0 Å². The maximum Gasteiger partial charge on any atom is 0.173 e. The predicted molar refractivity (Wildman–Crippen MR) is 52.3 cm³/mol. The summed E-state index contributed by atoms with van der Waals surface area (Å²) in [4.78, 5) is 2.72. The van der Waals surface area contributed by atoms with Crippen molar-refractivity contribution in [2.24, 2.45) is 0 Å². The molecule has 10 heavy (non-hydrogen) atoms. The van der Waals surface area contributed by atoms with Crippen molar-refractivity contribution >= 4 is 34.5 Å². The molecule has 1 saturated heterocycles. The minimum atomic E-state index is 0.731. The van der Waals surface area contributed by atoms with Gasteiger partial charge in [0.25, 0.3) is 0 Å². The van der Waals surface area contributed by atoms with Crippen LogP contribution in [-0.4, -0.2) is 28.6 Å². The lowest BCUT2D eigenvalue weighted by Gasteiger charge is -2.04. The molecule has 0 radical (unpaired) electrons. The highest BCUT2D eigenvalue weighted by Crippen LogP contribution is 1.93. The molecule has 1 aliphatic heterocycles. The van der Waals surface area contributed by atoms with E-state index in [0.717, 1.165) is 16.6 Å². The van der Waals surface area contributed by atoms with Crippen molar-refractivity contribution in [3.05, 3.63) is 0 Å². The lowest BCUT2D eigenvalue weighted by atomic mass is 10.7. The van der Waals surface area contributed by atoms with Gasteiger partial charge in [-0.2, -0.15) is 0 Å². The van der Waals surface area contributed by atoms with Gasteiger partial charge in [-0.25, -0.2) is 0 Å². The van der Waals surface area contributed by atoms with Crippen molar-refractivity contribution in [3.63, 3.8) is 0 Å². The van der Waals surface area contributed by atoms with E-state index in [-0.39, 0.29) is 0 Å². The maximum atomic E-state index is 4.85. The van der Waals surface area contributed by atoms with Gasteiger partial charge < -0.3 is 10.2 Å². The molecule has 2 nitrogen and oxygen atoms in total. The summed E-state index contributed by atoms with van der Waals surface area (Å²) in [5.41, 5.74) is 0. The van der Waals surface area contributed by atoms with Crippen LogP contribution in [0, 0.1) is 0 Å². The van der Waals surface area contributed by atoms with Crippen LogP contribution in [0.25, 0.3) is 0 Å². The molecule has 1 heterocycles. The Morgan fingerprint density at radius 3 is 2.00 bits per heavy atom. The number of nitrogens with zero attached hydrogens (tertiary/aromatic N) is 1. The molecule has 0 unspecified atom stereocenters. The molecular formula is C6H12N2S2. The van der Waals surface area contributed by atoms with Crippen LogP contribution in [0.4, 0.5) is 0 Å². The first-order chi connectivity index (χ1) is 4.70. The van der Waals surface area contributed by atoms with Gasteiger partial charge in [-0.1, -0.05) is 26.1 Å². The molecule has 0 atom stereocenters. The molecule has 58 valence electrons. The Hall–Kier alpha value is -0.220. The molecule has 0 aromatic heterocycles. The Morgan fingerprint density at radius 2 is 1.90 bits per heavy atom.